The first kappa shape index (κ1) is 18.5. The predicted octanol–water partition coefficient (Wildman–Crippen LogP) is 3.52. The van der Waals surface area contributed by atoms with Gasteiger partial charge in [0.2, 0.25) is 0 Å². The zero-order valence-corrected chi connectivity index (χ0v) is 16.4. The SMILES string of the molecule is C=C1C(=O)[C@]23CC[C@@H](C(=C)C)[C@]4(C)CCC(=O)O[C@@]42C[C@H]1C[C@@H]3OC(C)=O. The summed E-state index contributed by atoms with van der Waals surface area (Å²) in [6.45, 7) is 13.8. The van der Waals surface area contributed by atoms with Gasteiger partial charge in [0.25, 0.3) is 0 Å². The molecule has 1 aliphatic heterocycles. The first-order valence-corrected chi connectivity index (χ1v) is 9.87. The van der Waals surface area contributed by atoms with Gasteiger partial charge >= 0.3 is 11.9 Å². The number of Topliss-reactive ketones (excluding diaryl/α,β-unsaturated/α-hetero) is 1. The Kier molecular flexibility index (Phi) is 3.80. The fraction of sp³-hybridized carbons (Fsp3) is 0.682. The summed E-state index contributed by atoms with van der Waals surface area (Å²) >= 11 is 0. The van der Waals surface area contributed by atoms with Crippen LogP contribution in [0.15, 0.2) is 24.3 Å². The number of hydrogen-bond donors (Lipinski definition) is 0. The summed E-state index contributed by atoms with van der Waals surface area (Å²) in [7, 11) is 0. The van der Waals surface area contributed by atoms with Gasteiger partial charge in [-0.1, -0.05) is 25.7 Å². The highest BCUT2D eigenvalue weighted by molar-refractivity contribution is 6.04. The maximum atomic E-state index is 13.6. The van der Waals surface area contributed by atoms with Crippen LogP contribution in [0.3, 0.4) is 0 Å². The Hall–Kier alpha value is -1.91. The molecular formula is C22H28O5. The van der Waals surface area contributed by atoms with E-state index >= 15 is 0 Å². The van der Waals surface area contributed by atoms with Gasteiger partial charge < -0.3 is 9.47 Å². The molecule has 4 aliphatic carbocycles. The number of ketones is 1. The van der Waals surface area contributed by atoms with Crippen LogP contribution in [0.2, 0.25) is 0 Å². The number of esters is 2. The van der Waals surface area contributed by atoms with Crippen molar-refractivity contribution < 1.29 is 23.9 Å². The van der Waals surface area contributed by atoms with Crippen LogP contribution >= 0.6 is 0 Å². The quantitative estimate of drug-likeness (QED) is 0.421. The van der Waals surface area contributed by atoms with Crippen LogP contribution in [0.1, 0.15) is 59.3 Å². The smallest absolute Gasteiger partial charge is 0.306 e. The lowest BCUT2D eigenvalue weighted by Gasteiger charge is -2.71. The maximum absolute atomic E-state index is 13.6. The van der Waals surface area contributed by atoms with Crippen LogP contribution in [-0.4, -0.2) is 29.4 Å². The molecule has 5 rings (SSSR count). The van der Waals surface area contributed by atoms with Gasteiger partial charge in [-0.15, -0.1) is 0 Å². The number of carbonyl (C=O) groups excluding carboxylic acids is 3. The minimum Gasteiger partial charge on any atom is -0.461 e. The molecule has 0 aromatic heterocycles. The van der Waals surface area contributed by atoms with Crippen molar-refractivity contribution in [3.63, 3.8) is 0 Å². The van der Waals surface area contributed by atoms with Crippen molar-refractivity contribution >= 4 is 17.7 Å². The minimum absolute atomic E-state index is 0.0719. The molecule has 27 heavy (non-hydrogen) atoms. The molecule has 1 heterocycles. The average molecular weight is 372 g/mol. The van der Waals surface area contributed by atoms with E-state index in [4.69, 9.17) is 9.47 Å². The molecule has 0 radical (unpaired) electrons. The van der Waals surface area contributed by atoms with Gasteiger partial charge in [0.15, 0.2) is 5.78 Å². The summed E-state index contributed by atoms with van der Waals surface area (Å²) < 4.78 is 11.9. The number of rotatable bonds is 2. The van der Waals surface area contributed by atoms with Crippen LogP contribution in [0.4, 0.5) is 0 Å². The third-order valence-corrected chi connectivity index (χ3v) is 8.05. The lowest BCUT2D eigenvalue weighted by molar-refractivity contribution is -0.292. The number of fused-ring (bicyclic) bond motifs is 2. The second-order valence-corrected chi connectivity index (χ2v) is 9.22. The molecule has 5 nitrogen and oxygen atoms in total. The lowest BCUT2D eigenvalue weighted by atomic mass is 9.36. The molecule has 6 atom stereocenters. The summed E-state index contributed by atoms with van der Waals surface area (Å²) in [4.78, 5) is 37.9. The Bertz CT molecular complexity index is 782. The van der Waals surface area contributed by atoms with Gasteiger partial charge in [-0.3, -0.25) is 14.4 Å². The van der Waals surface area contributed by atoms with Crippen LogP contribution in [-0.2, 0) is 23.9 Å². The zero-order chi connectivity index (χ0) is 19.8. The van der Waals surface area contributed by atoms with Gasteiger partial charge in [0.05, 0.1) is 0 Å². The third kappa shape index (κ3) is 2.03. The number of hydrogen-bond acceptors (Lipinski definition) is 5. The Morgan fingerprint density at radius 3 is 2.59 bits per heavy atom. The van der Waals surface area contributed by atoms with Crippen LogP contribution in [0.5, 0.6) is 0 Å². The van der Waals surface area contributed by atoms with Crippen molar-refractivity contribution in [3.8, 4) is 0 Å². The van der Waals surface area contributed by atoms with E-state index in [1.807, 2.05) is 6.92 Å². The van der Waals surface area contributed by atoms with Crippen molar-refractivity contribution in [2.24, 2.45) is 22.7 Å². The molecule has 2 spiro atoms. The molecule has 5 heteroatoms. The fourth-order valence-electron chi connectivity index (χ4n) is 6.96. The molecule has 5 fully saturated rings. The van der Waals surface area contributed by atoms with Gasteiger partial charge in [0.1, 0.15) is 17.1 Å². The van der Waals surface area contributed by atoms with E-state index < -0.39 is 28.5 Å². The molecule has 146 valence electrons. The molecule has 0 amide bonds. The van der Waals surface area contributed by atoms with Crippen LogP contribution in [0.25, 0.3) is 0 Å². The van der Waals surface area contributed by atoms with Crippen molar-refractivity contribution in [1.29, 1.82) is 0 Å². The lowest BCUT2D eigenvalue weighted by Crippen LogP contribution is -2.78. The monoisotopic (exact) mass is 372 g/mol. The van der Waals surface area contributed by atoms with E-state index in [1.165, 1.54) is 6.92 Å². The summed E-state index contributed by atoms with van der Waals surface area (Å²) in [5.74, 6) is -0.701. The van der Waals surface area contributed by atoms with Crippen molar-refractivity contribution in [1.82, 2.24) is 0 Å². The highest BCUT2D eigenvalue weighted by atomic mass is 16.6. The van der Waals surface area contributed by atoms with Crippen LogP contribution in [0, 0.1) is 22.7 Å². The normalized spacial score (nSPS) is 45.6. The molecule has 1 saturated heterocycles. The fourth-order valence-corrected chi connectivity index (χ4v) is 6.96. The van der Waals surface area contributed by atoms with Crippen molar-refractivity contribution in [3.05, 3.63) is 24.3 Å². The van der Waals surface area contributed by atoms with Gasteiger partial charge in [-0.2, -0.15) is 0 Å². The standard InChI is InChI=1S/C22H28O5/c1-12(2)16-6-9-21-17(26-14(4)23)10-15(13(3)19(21)25)11-22(21)20(16,5)8-7-18(24)27-22/h15-17H,1,3,6-11H2,2,4-5H3/t15-,16+,17+,20+,21-,22+/m1/s1. The topological polar surface area (TPSA) is 69.7 Å². The number of allylic oxidation sites excluding steroid dienone is 2. The van der Waals surface area contributed by atoms with E-state index in [1.54, 1.807) is 0 Å². The van der Waals surface area contributed by atoms with Crippen molar-refractivity contribution in [2.75, 3.05) is 0 Å². The first-order valence-electron chi connectivity index (χ1n) is 9.87. The van der Waals surface area contributed by atoms with Crippen molar-refractivity contribution in [2.45, 2.75) is 71.0 Å². The Balaban J connectivity index is 1.96. The molecule has 4 saturated carbocycles. The summed E-state index contributed by atoms with van der Waals surface area (Å²) in [6, 6.07) is 0. The Labute approximate surface area is 160 Å². The Morgan fingerprint density at radius 1 is 1.26 bits per heavy atom. The van der Waals surface area contributed by atoms with E-state index in [-0.39, 0.29) is 23.6 Å². The third-order valence-electron chi connectivity index (χ3n) is 8.05. The van der Waals surface area contributed by atoms with Crippen LogP contribution < -0.4 is 0 Å². The average Bonchev–Trinajstić information content (AvgIpc) is 2.57. The van der Waals surface area contributed by atoms with E-state index in [2.05, 4.69) is 20.1 Å². The Morgan fingerprint density at radius 2 is 1.96 bits per heavy atom. The summed E-state index contributed by atoms with van der Waals surface area (Å²) in [5.41, 5.74) is -0.735. The van der Waals surface area contributed by atoms with Gasteiger partial charge in [-0.25, -0.2) is 0 Å². The van der Waals surface area contributed by atoms with E-state index in [9.17, 15) is 14.4 Å². The predicted molar refractivity (Wildman–Crippen MR) is 98.6 cm³/mol. The number of ether oxygens (including phenoxy) is 2. The van der Waals surface area contributed by atoms with E-state index in [0.717, 1.165) is 12.0 Å². The highest BCUT2D eigenvalue weighted by Gasteiger charge is 2.79. The second kappa shape index (κ2) is 5.55. The molecule has 0 N–H and O–H groups in total. The largest absolute Gasteiger partial charge is 0.461 e. The molecule has 0 aromatic carbocycles. The zero-order valence-electron chi connectivity index (χ0n) is 16.4. The maximum Gasteiger partial charge on any atom is 0.306 e. The molecular weight excluding hydrogens is 344 g/mol. The van der Waals surface area contributed by atoms with E-state index in [0.29, 0.717) is 37.7 Å². The molecule has 0 aromatic rings. The first-order chi connectivity index (χ1) is 12.6. The molecule has 2 bridgehead atoms. The second-order valence-electron chi connectivity index (χ2n) is 9.22. The number of carbonyl (C=O) groups is 3. The van der Waals surface area contributed by atoms with Gasteiger partial charge in [-0.05, 0) is 56.4 Å². The minimum atomic E-state index is -1.03. The highest BCUT2D eigenvalue weighted by Crippen LogP contribution is 2.72. The van der Waals surface area contributed by atoms with Gasteiger partial charge in [0, 0.05) is 18.8 Å². The summed E-state index contributed by atoms with van der Waals surface area (Å²) in [5, 5.41) is 0. The molecule has 5 aliphatic rings. The summed E-state index contributed by atoms with van der Waals surface area (Å²) in [6.07, 6.45) is 2.89. The molecule has 0 unspecified atom stereocenters.